The monoisotopic (exact) mass is 251 g/mol. The number of aromatic nitrogens is 1. The Bertz CT molecular complexity index is 407. The van der Waals surface area contributed by atoms with Crippen molar-refractivity contribution < 1.29 is 9.53 Å². The molecule has 18 heavy (non-hydrogen) atoms. The minimum atomic E-state index is -0.136. The zero-order valence-electron chi connectivity index (χ0n) is 11.4. The minimum Gasteiger partial charge on any atom is -0.385 e. The van der Waals surface area contributed by atoms with E-state index < -0.39 is 0 Å². The van der Waals surface area contributed by atoms with Gasteiger partial charge in [-0.15, -0.1) is 0 Å². The van der Waals surface area contributed by atoms with Crippen LogP contribution in [-0.4, -0.2) is 37.2 Å². The predicted molar refractivity (Wildman–Crippen MR) is 71.9 cm³/mol. The van der Waals surface area contributed by atoms with Crippen molar-refractivity contribution in [1.29, 1.82) is 0 Å². The van der Waals surface area contributed by atoms with E-state index in [0.29, 0.717) is 12.2 Å². The number of ether oxygens (including phenoxy) is 1. The van der Waals surface area contributed by atoms with Gasteiger partial charge in [0.1, 0.15) is 0 Å². The SMILES string of the molecule is CCNc1cc(C)ncc1C(=O)NC(C)COC. The highest BCUT2D eigenvalue weighted by atomic mass is 16.5. The number of pyridine rings is 1. The molecule has 0 aliphatic rings. The zero-order chi connectivity index (χ0) is 13.5. The van der Waals surface area contributed by atoms with Crippen LogP contribution in [0.25, 0.3) is 0 Å². The fourth-order valence-electron chi connectivity index (χ4n) is 1.67. The van der Waals surface area contributed by atoms with Gasteiger partial charge in [0, 0.05) is 31.6 Å². The molecule has 1 amide bonds. The van der Waals surface area contributed by atoms with Crippen LogP contribution in [0, 0.1) is 6.92 Å². The second kappa shape index (κ2) is 6.96. The van der Waals surface area contributed by atoms with Crippen LogP contribution >= 0.6 is 0 Å². The van der Waals surface area contributed by atoms with Crippen LogP contribution in [0.2, 0.25) is 0 Å². The van der Waals surface area contributed by atoms with Crippen LogP contribution in [0.5, 0.6) is 0 Å². The largest absolute Gasteiger partial charge is 0.385 e. The number of amides is 1. The van der Waals surface area contributed by atoms with Gasteiger partial charge in [-0.05, 0) is 26.8 Å². The lowest BCUT2D eigenvalue weighted by Crippen LogP contribution is -2.36. The van der Waals surface area contributed by atoms with Crippen molar-refractivity contribution in [3.8, 4) is 0 Å². The molecule has 2 N–H and O–H groups in total. The number of nitrogens with one attached hydrogen (secondary N) is 2. The van der Waals surface area contributed by atoms with E-state index in [-0.39, 0.29) is 11.9 Å². The first-order valence-electron chi connectivity index (χ1n) is 6.08. The zero-order valence-corrected chi connectivity index (χ0v) is 11.4. The molecule has 0 radical (unpaired) electrons. The van der Waals surface area contributed by atoms with Crippen LogP contribution in [0.4, 0.5) is 5.69 Å². The van der Waals surface area contributed by atoms with Crippen LogP contribution < -0.4 is 10.6 Å². The third kappa shape index (κ3) is 4.00. The number of carbonyl (C=O) groups excluding carboxylic acids is 1. The molecule has 1 rings (SSSR count). The molecular formula is C13H21N3O2. The Kier molecular flexibility index (Phi) is 5.58. The van der Waals surface area contributed by atoms with Crippen molar-refractivity contribution in [1.82, 2.24) is 10.3 Å². The number of methoxy groups -OCH3 is 1. The van der Waals surface area contributed by atoms with E-state index >= 15 is 0 Å². The molecule has 0 aliphatic carbocycles. The summed E-state index contributed by atoms with van der Waals surface area (Å²) >= 11 is 0. The summed E-state index contributed by atoms with van der Waals surface area (Å²) in [5.41, 5.74) is 2.25. The summed E-state index contributed by atoms with van der Waals surface area (Å²) in [6.45, 7) is 7.04. The standard InChI is InChI=1S/C13H21N3O2/c1-5-14-12-6-9(2)15-7-11(12)13(17)16-10(3)8-18-4/h6-7,10H,5,8H2,1-4H3,(H,14,15)(H,16,17). The molecule has 5 heteroatoms. The van der Waals surface area contributed by atoms with Gasteiger partial charge < -0.3 is 15.4 Å². The van der Waals surface area contributed by atoms with Gasteiger partial charge >= 0.3 is 0 Å². The number of carbonyl (C=O) groups is 1. The summed E-state index contributed by atoms with van der Waals surface area (Å²) in [6, 6.07) is 1.85. The first kappa shape index (κ1) is 14.4. The maximum atomic E-state index is 12.1. The Labute approximate surface area is 108 Å². The fraction of sp³-hybridized carbons (Fsp3) is 0.538. The molecule has 1 heterocycles. The minimum absolute atomic E-state index is 0.0294. The smallest absolute Gasteiger partial charge is 0.255 e. The Morgan fingerprint density at radius 2 is 2.28 bits per heavy atom. The fourth-order valence-corrected chi connectivity index (χ4v) is 1.67. The Hall–Kier alpha value is -1.62. The van der Waals surface area contributed by atoms with Crippen LogP contribution in [0.1, 0.15) is 29.9 Å². The lowest BCUT2D eigenvalue weighted by atomic mass is 10.2. The molecule has 1 aromatic heterocycles. The number of rotatable bonds is 6. The van der Waals surface area contributed by atoms with E-state index in [4.69, 9.17) is 4.74 Å². The van der Waals surface area contributed by atoms with E-state index in [1.54, 1.807) is 13.3 Å². The molecule has 1 atom stereocenters. The number of hydrogen-bond acceptors (Lipinski definition) is 4. The molecule has 0 aromatic carbocycles. The van der Waals surface area contributed by atoms with E-state index in [1.165, 1.54) is 0 Å². The quantitative estimate of drug-likeness (QED) is 0.806. The van der Waals surface area contributed by atoms with Crippen LogP contribution in [0.3, 0.4) is 0 Å². The molecule has 0 saturated heterocycles. The molecule has 0 spiro atoms. The highest BCUT2D eigenvalue weighted by Crippen LogP contribution is 2.15. The Morgan fingerprint density at radius 1 is 1.56 bits per heavy atom. The Morgan fingerprint density at radius 3 is 2.89 bits per heavy atom. The van der Waals surface area contributed by atoms with E-state index in [9.17, 15) is 4.79 Å². The van der Waals surface area contributed by atoms with Crippen molar-refractivity contribution in [2.24, 2.45) is 0 Å². The topological polar surface area (TPSA) is 63.2 Å². The molecule has 0 saturated carbocycles. The average Bonchev–Trinajstić information content (AvgIpc) is 2.29. The third-order valence-corrected chi connectivity index (χ3v) is 2.45. The summed E-state index contributed by atoms with van der Waals surface area (Å²) in [5.74, 6) is -0.136. The van der Waals surface area contributed by atoms with Gasteiger partial charge in [-0.3, -0.25) is 9.78 Å². The van der Waals surface area contributed by atoms with E-state index in [2.05, 4.69) is 15.6 Å². The van der Waals surface area contributed by atoms with Crippen LogP contribution in [-0.2, 0) is 4.74 Å². The first-order chi connectivity index (χ1) is 8.58. The second-order valence-corrected chi connectivity index (χ2v) is 4.23. The molecule has 0 aliphatic heterocycles. The number of nitrogens with zero attached hydrogens (tertiary/aromatic N) is 1. The van der Waals surface area contributed by atoms with Crippen molar-refractivity contribution in [2.45, 2.75) is 26.8 Å². The second-order valence-electron chi connectivity index (χ2n) is 4.23. The van der Waals surface area contributed by atoms with Gasteiger partial charge in [0.15, 0.2) is 0 Å². The van der Waals surface area contributed by atoms with Crippen molar-refractivity contribution in [2.75, 3.05) is 25.6 Å². The maximum Gasteiger partial charge on any atom is 0.255 e. The Balaban J connectivity index is 2.84. The summed E-state index contributed by atoms with van der Waals surface area (Å²) in [7, 11) is 1.61. The van der Waals surface area contributed by atoms with Gasteiger partial charge in [-0.1, -0.05) is 0 Å². The van der Waals surface area contributed by atoms with Gasteiger partial charge in [0.25, 0.3) is 5.91 Å². The maximum absolute atomic E-state index is 12.1. The van der Waals surface area contributed by atoms with E-state index in [1.807, 2.05) is 26.8 Å². The highest BCUT2D eigenvalue weighted by Gasteiger charge is 2.14. The van der Waals surface area contributed by atoms with Gasteiger partial charge in [-0.2, -0.15) is 0 Å². The van der Waals surface area contributed by atoms with Crippen molar-refractivity contribution in [3.05, 3.63) is 23.5 Å². The predicted octanol–water partition coefficient (Wildman–Crippen LogP) is 1.59. The summed E-state index contributed by atoms with van der Waals surface area (Å²) < 4.78 is 4.99. The molecule has 0 bridgehead atoms. The molecule has 0 fully saturated rings. The summed E-state index contributed by atoms with van der Waals surface area (Å²) in [5, 5.41) is 6.04. The number of anilines is 1. The summed E-state index contributed by atoms with van der Waals surface area (Å²) in [4.78, 5) is 16.3. The first-order valence-corrected chi connectivity index (χ1v) is 6.08. The lowest BCUT2D eigenvalue weighted by Gasteiger charge is -2.15. The molecule has 5 nitrogen and oxygen atoms in total. The average molecular weight is 251 g/mol. The van der Waals surface area contributed by atoms with Crippen LogP contribution in [0.15, 0.2) is 12.3 Å². The van der Waals surface area contributed by atoms with Crippen molar-refractivity contribution >= 4 is 11.6 Å². The number of aryl methyl sites for hydroxylation is 1. The van der Waals surface area contributed by atoms with Gasteiger partial charge in [0.05, 0.1) is 17.9 Å². The third-order valence-electron chi connectivity index (χ3n) is 2.45. The molecule has 100 valence electrons. The number of hydrogen-bond donors (Lipinski definition) is 2. The molecular weight excluding hydrogens is 230 g/mol. The summed E-state index contributed by atoms with van der Waals surface area (Å²) in [6.07, 6.45) is 1.60. The molecule has 1 aromatic rings. The van der Waals surface area contributed by atoms with Gasteiger partial charge in [-0.25, -0.2) is 0 Å². The van der Waals surface area contributed by atoms with Gasteiger partial charge in [0.2, 0.25) is 0 Å². The highest BCUT2D eigenvalue weighted by molar-refractivity contribution is 5.99. The lowest BCUT2D eigenvalue weighted by molar-refractivity contribution is 0.0906. The van der Waals surface area contributed by atoms with Crippen molar-refractivity contribution in [3.63, 3.8) is 0 Å². The normalized spacial score (nSPS) is 12.0. The van der Waals surface area contributed by atoms with E-state index in [0.717, 1.165) is 17.9 Å². The molecule has 1 unspecified atom stereocenters.